The summed E-state index contributed by atoms with van der Waals surface area (Å²) in [6.45, 7) is 2.70. The molecular formula is C31H33NO6. The molecule has 2 heterocycles. The molecule has 0 spiro atoms. The number of carbonyl (C=O) groups excluding carboxylic acids is 1. The van der Waals surface area contributed by atoms with Crippen LogP contribution >= 0.6 is 0 Å². The summed E-state index contributed by atoms with van der Waals surface area (Å²) in [5, 5.41) is 3.26. The Morgan fingerprint density at radius 1 is 0.737 bits per heavy atom. The van der Waals surface area contributed by atoms with Crippen molar-refractivity contribution >= 4 is 5.91 Å². The van der Waals surface area contributed by atoms with E-state index in [2.05, 4.69) is 5.32 Å². The molecule has 2 saturated heterocycles. The highest BCUT2D eigenvalue weighted by Gasteiger charge is 2.70. The van der Waals surface area contributed by atoms with E-state index in [1.165, 1.54) is 6.92 Å². The second kappa shape index (κ2) is 11.0. The molecule has 3 aliphatic rings. The summed E-state index contributed by atoms with van der Waals surface area (Å²) >= 11 is 0. The maximum atomic E-state index is 12.7. The highest BCUT2D eigenvalue weighted by atomic mass is 16.8. The SMILES string of the molecule is CC(=O)N[C@]12C[C@H](OCc3ccccc3)[C@@H]3O[C@H](O[C@H]3[C@H]1OCc1ccccc1)[C@H]2OCc1ccccc1. The lowest BCUT2D eigenvalue weighted by Gasteiger charge is -2.54. The average molecular weight is 516 g/mol. The zero-order chi connectivity index (χ0) is 26.0. The molecule has 1 aliphatic carbocycles. The van der Waals surface area contributed by atoms with E-state index in [-0.39, 0.29) is 18.1 Å². The third-order valence-electron chi connectivity index (χ3n) is 7.63. The summed E-state index contributed by atoms with van der Waals surface area (Å²) < 4.78 is 32.4. The van der Waals surface area contributed by atoms with Crippen molar-refractivity contribution < 1.29 is 28.5 Å². The number of nitrogens with one attached hydrogen (secondary N) is 1. The van der Waals surface area contributed by atoms with E-state index in [1.807, 2.05) is 91.0 Å². The Morgan fingerprint density at radius 3 is 1.74 bits per heavy atom. The number of ether oxygens (including phenoxy) is 5. The van der Waals surface area contributed by atoms with Gasteiger partial charge < -0.3 is 29.0 Å². The fourth-order valence-corrected chi connectivity index (χ4v) is 6.01. The summed E-state index contributed by atoms with van der Waals surface area (Å²) in [5.74, 6) is -0.159. The molecule has 6 rings (SSSR count). The quantitative estimate of drug-likeness (QED) is 0.437. The van der Waals surface area contributed by atoms with Crippen molar-refractivity contribution in [3.63, 3.8) is 0 Å². The average Bonchev–Trinajstić information content (AvgIpc) is 3.29. The van der Waals surface area contributed by atoms with E-state index in [1.54, 1.807) is 0 Å². The summed E-state index contributed by atoms with van der Waals surface area (Å²) in [5.41, 5.74) is 2.25. The van der Waals surface area contributed by atoms with E-state index in [4.69, 9.17) is 23.7 Å². The highest BCUT2D eigenvalue weighted by molar-refractivity contribution is 5.74. The Morgan fingerprint density at radius 2 is 1.21 bits per heavy atom. The van der Waals surface area contributed by atoms with Crippen molar-refractivity contribution in [2.24, 2.45) is 0 Å². The number of carbonyl (C=O) groups is 1. The van der Waals surface area contributed by atoms with E-state index >= 15 is 0 Å². The van der Waals surface area contributed by atoms with Gasteiger partial charge in [-0.2, -0.15) is 0 Å². The molecule has 7 atom stereocenters. The number of hydrogen-bond donors (Lipinski definition) is 1. The standard InChI is InChI=1S/C31H33NO6/c1-21(33)32-31-17-25(34-18-22-11-5-2-6-12-22)26-27(28(31)35-19-23-13-7-3-8-14-23)38-30(37-26)29(31)36-20-24-15-9-4-10-16-24/h2-16,25-30H,17-20H2,1H3,(H,32,33)/t25-,26-,27+,28+,29+,30+,31+/m0/s1. The van der Waals surface area contributed by atoms with Gasteiger partial charge in [0.2, 0.25) is 5.91 Å². The Balaban J connectivity index is 1.31. The lowest BCUT2D eigenvalue weighted by molar-refractivity contribution is -0.258. The molecule has 3 fully saturated rings. The summed E-state index contributed by atoms with van der Waals surface area (Å²) in [4.78, 5) is 12.7. The summed E-state index contributed by atoms with van der Waals surface area (Å²) in [7, 11) is 0. The Kier molecular flexibility index (Phi) is 7.28. The second-order valence-electron chi connectivity index (χ2n) is 10.3. The van der Waals surface area contributed by atoms with Crippen LogP contribution in [-0.4, -0.2) is 48.3 Å². The van der Waals surface area contributed by atoms with Crippen LogP contribution < -0.4 is 5.32 Å². The Hall–Kier alpha value is -3.07. The molecule has 1 saturated carbocycles. The first-order valence-corrected chi connectivity index (χ1v) is 13.2. The van der Waals surface area contributed by atoms with Crippen LogP contribution in [-0.2, 0) is 48.3 Å². The maximum Gasteiger partial charge on any atom is 0.217 e. The molecule has 1 N–H and O–H groups in total. The van der Waals surface area contributed by atoms with Crippen LogP contribution in [0.2, 0.25) is 0 Å². The van der Waals surface area contributed by atoms with Gasteiger partial charge in [0.1, 0.15) is 30.0 Å². The van der Waals surface area contributed by atoms with Crippen molar-refractivity contribution in [3.8, 4) is 0 Å². The first-order chi connectivity index (χ1) is 18.6. The third-order valence-corrected chi connectivity index (χ3v) is 7.63. The van der Waals surface area contributed by atoms with Gasteiger partial charge in [-0.3, -0.25) is 4.79 Å². The minimum atomic E-state index is -0.892. The zero-order valence-electron chi connectivity index (χ0n) is 21.4. The van der Waals surface area contributed by atoms with Crippen LogP contribution in [0.25, 0.3) is 0 Å². The lowest BCUT2D eigenvalue weighted by atomic mass is 9.70. The Bertz CT molecular complexity index is 1160. The lowest BCUT2D eigenvalue weighted by Crippen LogP contribution is -2.76. The predicted octanol–water partition coefficient (Wildman–Crippen LogP) is 4.14. The minimum Gasteiger partial charge on any atom is -0.371 e. The number of rotatable bonds is 10. The third kappa shape index (κ3) is 5.00. The van der Waals surface area contributed by atoms with Crippen LogP contribution in [0.5, 0.6) is 0 Å². The fraction of sp³-hybridized carbons (Fsp3) is 0.387. The van der Waals surface area contributed by atoms with Crippen molar-refractivity contribution in [2.45, 2.75) is 75.5 Å². The summed E-state index contributed by atoms with van der Waals surface area (Å²) in [6.07, 6.45) is -2.26. The van der Waals surface area contributed by atoms with E-state index < -0.39 is 30.1 Å². The van der Waals surface area contributed by atoms with Crippen LogP contribution in [0.1, 0.15) is 30.0 Å². The van der Waals surface area contributed by atoms with Crippen LogP contribution in [0.3, 0.4) is 0 Å². The summed E-state index contributed by atoms with van der Waals surface area (Å²) in [6, 6.07) is 30.0. The maximum absolute atomic E-state index is 12.7. The molecule has 7 heteroatoms. The molecule has 38 heavy (non-hydrogen) atoms. The van der Waals surface area contributed by atoms with Crippen molar-refractivity contribution in [1.29, 1.82) is 0 Å². The monoisotopic (exact) mass is 515 g/mol. The molecule has 198 valence electrons. The number of amides is 1. The number of hydrogen-bond acceptors (Lipinski definition) is 6. The molecule has 3 aromatic rings. The molecular weight excluding hydrogens is 482 g/mol. The van der Waals surface area contributed by atoms with E-state index in [9.17, 15) is 4.79 Å². The zero-order valence-corrected chi connectivity index (χ0v) is 21.4. The largest absolute Gasteiger partial charge is 0.371 e. The first kappa shape index (κ1) is 25.2. The van der Waals surface area contributed by atoms with Crippen LogP contribution in [0, 0.1) is 0 Å². The van der Waals surface area contributed by atoms with Gasteiger partial charge in [0.05, 0.1) is 25.9 Å². The predicted molar refractivity (Wildman–Crippen MR) is 140 cm³/mol. The van der Waals surface area contributed by atoms with Gasteiger partial charge in [0.25, 0.3) is 0 Å². The van der Waals surface area contributed by atoms with Gasteiger partial charge in [0, 0.05) is 13.3 Å². The number of fused-ring (bicyclic) bond motifs is 2. The Labute approximate surface area is 223 Å². The minimum absolute atomic E-state index is 0.159. The highest BCUT2D eigenvalue weighted by Crippen LogP contribution is 2.50. The van der Waals surface area contributed by atoms with Gasteiger partial charge in [-0.1, -0.05) is 91.0 Å². The number of benzene rings is 3. The van der Waals surface area contributed by atoms with E-state index in [0.717, 1.165) is 16.7 Å². The van der Waals surface area contributed by atoms with Gasteiger partial charge in [0.15, 0.2) is 6.29 Å². The molecule has 3 aromatic carbocycles. The van der Waals surface area contributed by atoms with Gasteiger partial charge >= 0.3 is 0 Å². The molecule has 0 aromatic heterocycles. The van der Waals surface area contributed by atoms with Crippen LogP contribution in [0.4, 0.5) is 0 Å². The van der Waals surface area contributed by atoms with Gasteiger partial charge in [-0.15, -0.1) is 0 Å². The molecule has 2 aliphatic heterocycles. The van der Waals surface area contributed by atoms with Crippen molar-refractivity contribution in [1.82, 2.24) is 5.32 Å². The molecule has 7 nitrogen and oxygen atoms in total. The molecule has 0 unspecified atom stereocenters. The normalized spacial score (nSPS) is 31.3. The molecule has 0 radical (unpaired) electrons. The topological polar surface area (TPSA) is 75.3 Å². The second-order valence-corrected chi connectivity index (χ2v) is 10.3. The van der Waals surface area contributed by atoms with Gasteiger partial charge in [-0.25, -0.2) is 0 Å². The van der Waals surface area contributed by atoms with Crippen molar-refractivity contribution in [2.75, 3.05) is 0 Å². The fourth-order valence-electron chi connectivity index (χ4n) is 6.01. The molecule has 1 amide bonds. The first-order valence-electron chi connectivity index (χ1n) is 13.2. The van der Waals surface area contributed by atoms with Crippen molar-refractivity contribution in [3.05, 3.63) is 108 Å². The van der Waals surface area contributed by atoms with Crippen LogP contribution in [0.15, 0.2) is 91.0 Å². The molecule has 3 bridgehead atoms. The van der Waals surface area contributed by atoms with E-state index in [0.29, 0.717) is 26.2 Å². The smallest absolute Gasteiger partial charge is 0.217 e. The van der Waals surface area contributed by atoms with Gasteiger partial charge in [-0.05, 0) is 16.7 Å².